The van der Waals surface area contributed by atoms with Gasteiger partial charge in [0.05, 0.1) is 11.6 Å². The van der Waals surface area contributed by atoms with E-state index in [1.54, 1.807) is 0 Å². The van der Waals surface area contributed by atoms with Gasteiger partial charge in [-0.2, -0.15) is 5.26 Å². The molecule has 92 valence electrons. The molecular formula is C15H17N3. The lowest BCUT2D eigenvalue weighted by atomic mass is 10.0. The normalized spacial score (nSPS) is 22.3. The first-order valence-electron chi connectivity index (χ1n) is 6.35. The summed E-state index contributed by atoms with van der Waals surface area (Å²) in [5.41, 5.74) is 3.20. The van der Waals surface area contributed by atoms with E-state index in [1.165, 1.54) is 12.0 Å². The van der Waals surface area contributed by atoms with Crippen molar-refractivity contribution in [2.75, 3.05) is 20.6 Å². The van der Waals surface area contributed by atoms with Crippen LogP contribution in [0.1, 0.15) is 23.5 Å². The zero-order valence-electron chi connectivity index (χ0n) is 10.8. The van der Waals surface area contributed by atoms with E-state index in [4.69, 9.17) is 0 Å². The fourth-order valence-electron chi connectivity index (χ4n) is 2.90. The molecule has 0 saturated heterocycles. The molecule has 0 spiro atoms. The van der Waals surface area contributed by atoms with Crippen molar-refractivity contribution >= 4 is 10.9 Å². The van der Waals surface area contributed by atoms with Crippen molar-refractivity contribution in [1.29, 1.82) is 5.26 Å². The van der Waals surface area contributed by atoms with Gasteiger partial charge in [0.15, 0.2) is 0 Å². The van der Waals surface area contributed by atoms with Crippen LogP contribution in [0.25, 0.3) is 10.9 Å². The second kappa shape index (κ2) is 4.15. The number of benzene rings is 1. The summed E-state index contributed by atoms with van der Waals surface area (Å²) in [7, 11) is 4.23. The second-order valence-electron chi connectivity index (χ2n) is 5.45. The number of nitrogens with one attached hydrogen (secondary N) is 1. The highest BCUT2D eigenvalue weighted by Crippen LogP contribution is 2.50. The van der Waals surface area contributed by atoms with E-state index in [1.807, 2.05) is 18.2 Å². The van der Waals surface area contributed by atoms with E-state index in [2.05, 4.69) is 36.2 Å². The fourth-order valence-corrected chi connectivity index (χ4v) is 2.90. The molecule has 0 unspecified atom stereocenters. The Morgan fingerprint density at radius 1 is 1.44 bits per heavy atom. The molecule has 1 aliphatic carbocycles. The molecule has 0 bridgehead atoms. The molecule has 1 aromatic carbocycles. The Morgan fingerprint density at radius 3 is 3.00 bits per heavy atom. The first-order chi connectivity index (χ1) is 8.70. The SMILES string of the molecule is CN(C)C[C@H]1C[C@@H]1c1c[nH]c2cccc(C#N)c12. The number of hydrogen-bond donors (Lipinski definition) is 1. The number of nitriles is 1. The van der Waals surface area contributed by atoms with Gasteiger partial charge in [0, 0.05) is 23.6 Å². The highest BCUT2D eigenvalue weighted by atomic mass is 15.1. The highest BCUT2D eigenvalue weighted by molar-refractivity contribution is 5.89. The fraction of sp³-hybridized carbons (Fsp3) is 0.400. The average Bonchev–Trinajstić information content (AvgIpc) is 2.95. The van der Waals surface area contributed by atoms with Crippen LogP contribution in [0.3, 0.4) is 0 Å². The smallest absolute Gasteiger partial charge is 0.0998 e. The summed E-state index contributed by atoms with van der Waals surface area (Å²) in [6.07, 6.45) is 3.33. The summed E-state index contributed by atoms with van der Waals surface area (Å²) in [5.74, 6) is 1.36. The average molecular weight is 239 g/mol. The number of fused-ring (bicyclic) bond motifs is 1. The van der Waals surface area contributed by atoms with Gasteiger partial charge in [-0.05, 0) is 50.0 Å². The number of hydrogen-bond acceptors (Lipinski definition) is 2. The van der Waals surface area contributed by atoms with Gasteiger partial charge in [-0.3, -0.25) is 0 Å². The molecule has 1 N–H and O–H groups in total. The van der Waals surface area contributed by atoms with Gasteiger partial charge in [-0.1, -0.05) is 6.07 Å². The van der Waals surface area contributed by atoms with Gasteiger partial charge in [-0.15, -0.1) is 0 Å². The van der Waals surface area contributed by atoms with Crippen LogP contribution in [0, 0.1) is 17.2 Å². The molecule has 3 nitrogen and oxygen atoms in total. The molecule has 0 aliphatic heterocycles. The first kappa shape index (κ1) is 11.3. The minimum atomic E-state index is 0.621. The minimum absolute atomic E-state index is 0.621. The number of aromatic amines is 1. The Balaban J connectivity index is 1.97. The molecule has 1 saturated carbocycles. The number of rotatable bonds is 3. The van der Waals surface area contributed by atoms with Crippen LogP contribution in [0.4, 0.5) is 0 Å². The van der Waals surface area contributed by atoms with Crippen LogP contribution in [0.15, 0.2) is 24.4 Å². The predicted molar refractivity (Wildman–Crippen MR) is 72.4 cm³/mol. The lowest BCUT2D eigenvalue weighted by Gasteiger charge is -2.08. The van der Waals surface area contributed by atoms with Crippen molar-refractivity contribution in [2.45, 2.75) is 12.3 Å². The van der Waals surface area contributed by atoms with Crippen molar-refractivity contribution in [3.63, 3.8) is 0 Å². The van der Waals surface area contributed by atoms with E-state index in [0.29, 0.717) is 5.92 Å². The van der Waals surface area contributed by atoms with Gasteiger partial charge in [0.25, 0.3) is 0 Å². The van der Waals surface area contributed by atoms with Crippen molar-refractivity contribution in [2.24, 2.45) is 5.92 Å². The zero-order chi connectivity index (χ0) is 12.7. The Labute approximate surface area is 107 Å². The molecule has 1 aliphatic rings. The second-order valence-corrected chi connectivity index (χ2v) is 5.45. The first-order valence-corrected chi connectivity index (χ1v) is 6.35. The lowest BCUT2D eigenvalue weighted by Crippen LogP contribution is -2.15. The molecule has 3 rings (SSSR count). The van der Waals surface area contributed by atoms with Crippen molar-refractivity contribution in [1.82, 2.24) is 9.88 Å². The van der Waals surface area contributed by atoms with Gasteiger partial charge in [0.1, 0.15) is 0 Å². The monoisotopic (exact) mass is 239 g/mol. The third kappa shape index (κ3) is 1.79. The van der Waals surface area contributed by atoms with Gasteiger partial charge < -0.3 is 9.88 Å². The maximum Gasteiger partial charge on any atom is 0.0998 e. The third-order valence-corrected chi connectivity index (χ3v) is 3.78. The zero-order valence-corrected chi connectivity index (χ0v) is 10.8. The van der Waals surface area contributed by atoms with Crippen LogP contribution in [0.2, 0.25) is 0 Å². The summed E-state index contributed by atoms with van der Waals surface area (Å²) in [6, 6.07) is 8.19. The molecule has 0 amide bonds. The van der Waals surface area contributed by atoms with Crippen LogP contribution in [0.5, 0.6) is 0 Å². The van der Waals surface area contributed by atoms with E-state index < -0.39 is 0 Å². The number of H-pyrrole nitrogens is 1. The molecule has 18 heavy (non-hydrogen) atoms. The van der Waals surface area contributed by atoms with Gasteiger partial charge >= 0.3 is 0 Å². The molecule has 3 heteroatoms. The lowest BCUT2D eigenvalue weighted by molar-refractivity contribution is 0.385. The largest absolute Gasteiger partial charge is 0.361 e. The quantitative estimate of drug-likeness (QED) is 0.894. The van der Waals surface area contributed by atoms with Crippen molar-refractivity contribution in [3.05, 3.63) is 35.5 Å². The van der Waals surface area contributed by atoms with Crippen LogP contribution >= 0.6 is 0 Å². The van der Waals surface area contributed by atoms with Gasteiger partial charge in [-0.25, -0.2) is 0 Å². The number of nitrogens with zero attached hydrogens (tertiary/aromatic N) is 2. The van der Waals surface area contributed by atoms with Crippen molar-refractivity contribution in [3.8, 4) is 6.07 Å². The number of aromatic nitrogens is 1. The summed E-state index contributed by atoms with van der Waals surface area (Å²) in [6.45, 7) is 1.13. The van der Waals surface area contributed by atoms with Gasteiger partial charge in [0.2, 0.25) is 0 Å². The van der Waals surface area contributed by atoms with Crippen molar-refractivity contribution < 1.29 is 0 Å². The molecule has 0 radical (unpaired) electrons. The summed E-state index contributed by atoms with van der Waals surface area (Å²) in [4.78, 5) is 5.53. The van der Waals surface area contributed by atoms with E-state index in [0.717, 1.165) is 28.9 Å². The van der Waals surface area contributed by atoms with Crippen LogP contribution < -0.4 is 0 Å². The predicted octanol–water partition coefficient (Wildman–Crippen LogP) is 2.70. The summed E-state index contributed by atoms with van der Waals surface area (Å²) < 4.78 is 0. The van der Waals surface area contributed by atoms with E-state index >= 15 is 0 Å². The van der Waals surface area contributed by atoms with E-state index in [-0.39, 0.29) is 0 Å². The Hall–Kier alpha value is -1.79. The van der Waals surface area contributed by atoms with E-state index in [9.17, 15) is 5.26 Å². The minimum Gasteiger partial charge on any atom is -0.361 e. The molecule has 1 aromatic heterocycles. The molecule has 1 fully saturated rings. The third-order valence-electron chi connectivity index (χ3n) is 3.78. The highest BCUT2D eigenvalue weighted by Gasteiger charge is 2.40. The molecular weight excluding hydrogens is 222 g/mol. The topological polar surface area (TPSA) is 42.8 Å². The Kier molecular flexibility index (Phi) is 2.61. The standard InChI is InChI=1S/C15H17N3/c1-18(2)9-11-6-12(11)13-8-17-14-5-3-4-10(7-16)15(13)14/h3-5,8,11-12,17H,6,9H2,1-2H3/t11-,12+/m1/s1. The molecule has 2 atom stereocenters. The summed E-state index contributed by atoms with van der Waals surface area (Å²) >= 11 is 0. The van der Waals surface area contributed by atoms with Crippen LogP contribution in [-0.2, 0) is 0 Å². The molecule has 2 aromatic rings. The summed E-state index contributed by atoms with van der Waals surface area (Å²) in [5, 5.41) is 10.4. The molecule has 1 heterocycles. The maximum atomic E-state index is 9.22. The van der Waals surface area contributed by atoms with Crippen LogP contribution in [-0.4, -0.2) is 30.5 Å². The Morgan fingerprint density at radius 2 is 2.28 bits per heavy atom. The maximum absolute atomic E-state index is 9.22. The Bertz CT molecular complexity index is 618.